The van der Waals surface area contributed by atoms with Crippen LogP contribution < -0.4 is 5.32 Å². The highest BCUT2D eigenvalue weighted by atomic mass is 16.5. The third kappa shape index (κ3) is 8.83. The van der Waals surface area contributed by atoms with Crippen molar-refractivity contribution in [2.75, 3.05) is 11.9 Å². The predicted octanol–water partition coefficient (Wildman–Crippen LogP) is 4.63. The van der Waals surface area contributed by atoms with Crippen LogP contribution >= 0.6 is 0 Å². The van der Waals surface area contributed by atoms with Gasteiger partial charge >= 0.3 is 5.97 Å². The molecule has 0 radical (unpaired) electrons. The van der Waals surface area contributed by atoms with Gasteiger partial charge in [-0.25, -0.2) is 0 Å². The van der Waals surface area contributed by atoms with E-state index in [0.29, 0.717) is 17.7 Å². The molecule has 2 rings (SSSR count). The molecule has 1 amide bonds. The second-order valence-corrected chi connectivity index (χ2v) is 7.32. The number of nitrogens with one attached hydrogen (secondary N) is 1. The summed E-state index contributed by atoms with van der Waals surface area (Å²) >= 11 is 0. The zero-order valence-electron chi connectivity index (χ0n) is 17.9. The fourth-order valence-electron chi connectivity index (χ4n) is 3.01. The molecule has 0 saturated carbocycles. The van der Waals surface area contributed by atoms with Gasteiger partial charge in [-0.05, 0) is 36.1 Å². The molecule has 1 N–H and O–H groups in total. The van der Waals surface area contributed by atoms with Crippen LogP contribution in [0.15, 0.2) is 48.5 Å². The topological polar surface area (TPSA) is 96.3 Å². The summed E-state index contributed by atoms with van der Waals surface area (Å²) in [5, 5.41) is 11.3. The summed E-state index contributed by atoms with van der Waals surface area (Å²) in [6.07, 6.45) is 4.76. The van der Waals surface area contributed by atoms with Gasteiger partial charge in [0.05, 0.1) is 18.9 Å². The van der Waals surface area contributed by atoms with Gasteiger partial charge in [-0.1, -0.05) is 56.2 Å². The van der Waals surface area contributed by atoms with E-state index in [9.17, 15) is 14.4 Å². The van der Waals surface area contributed by atoms with E-state index >= 15 is 0 Å². The van der Waals surface area contributed by atoms with Crippen molar-refractivity contribution in [3.63, 3.8) is 0 Å². The van der Waals surface area contributed by atoms with Crippen LogP contribution in [0, 0.1) is 11.3 Å². The minimum atomic E-state index is -0.593. The number of ether oxygens (including phenoxy) is 1. The lowest BCUT2D eigenvalue weighted by Crippen LogP contribution is -2.21. The summed E-state index contributed by atoms with van der Waals surface area (Å²) in [5.74, 6) is -1.19. The molecule has 0 bridgehead atoms. The van der Waals surface area contributed by atoms with Crippen molar-refractivity contribution in [2.45, 2.75) is 51.9 Å². The van der Waals surface area contributed by atoms with Crippen molar-refractivity contribution in [3.8, 4) is 6.07 Å². The van der Waals surface area contributed by atoms with Crippen LogP contribution in [-0.2, 0) is 27.2 Å². The van der Waals surface area contributed by atoms with Gasteiger partial charge in [-0.2, -0.15) is 5.26 Å². The van der Waals surface area contributed by atoms with E-state index in [1.165, 1.54) is 18.4 Å². The number of hydrogen-bond acceptors (Lipinski definition) is 5. The third-order valence-electron chi connectivity index (χ3n) is 4.79. The Kier molecular flexibility index (Phi) is 9.96. The number of nitriles is 1. The molecule has 0 spiro atoms. The maximum Gasteiger partial charge on any atom is 0.306 e. The zero-order chi connectivity index (χ0) is 22.5. The third-order valence-corrected chi connectivity index (χ3v) is 4.79. The summed E-state index contributed by atoms with van der Waals surface area (Å²) in [6.45, 7) is 1.75. The molecule has 0 atom stereocenters. The Bertz CT molecular complexity index is 912. The SMILES string of the molecule is CCCCCc1ccc(C(=O)CCC(=O)OCC(=O)Nc2ccc(CC#N)cc2)cc1. The number of rotatable bonds is 12. The Morgan fingerprint density at radius 2 is 1.61 bits per heavy atom. The number of carbonyl (C=O) groups excluding carboxylic acids is 3. The summed E-state index contributed by atoms with van der Waals surface area (Å²) in [7, 11) is 0. The van der Waals surface area contributed by atoms with Gasteiger partial charge in [-0.3, -0.25) is 14.4 Å². The first-order valence-electron chi connectivity index (χ1n) is 10.5. The van der Waals surface area contributed by atoms with Crippen molar-refractivity contribution in [1.29, 1.82) is 5.26 Å². The quantitative estimate of drug-likeness (QED) is 0.307. The van der Waals surface area contributed by atoms with Gasteiger partial charge in [0.1, 0.15) is 0 Å². The lowest BCUT2D eigenvalue weighted by molar-refractivity contribution is -0.147. The molecular weight excluding hydrogens is 392 g/mol. The second-order valence-electron chi connectivity index (χ2n) is 7.32. The first-order chi connectivity index (χ1) is 15.0. The number of nitrogens with zero attached hydrogens (tertiary/aromatic N) is 1. The Balaban J connectivity index is 1.69. The molecule has 6 nitrogen and oxygen atoms in total. The summed E-state index contributed by atoms with van der Waals surface area (Å²) in [5.41, 5.74) is 3.18. The van der Waals surface area contributed by atoms with Crippen molar-refractivity contribution >= 4 is 23.3 Å². The average Bonchev–Trinajstić information content (AvgIpc) is 2.78. The van der Waals surface area contributed by atoms with Crippen LogP contribution in [0.3, 0.4) is 0 Å². The van der Waals surface area contributed by atoms with Crippen LogP contribution in [0.1, 0.15) is 60.5 Å². The maximum atomic E-state index is 12.3. The highest BCUT2D eigenvalue weighted by molar-refractivity contribution is 5.98. The second kappa shape index (κ2) is 13.0. The van der Waals surface area contributed by atoms with Crippen LogP contribution in [0.4, 0.5) is 5.69 Å². The molecule has 0 aliphatic carbocycles. The molecule has 0 fully saturated rings. The van der Waals surface area contributed by atoms with Crippen LogP contribution in [0.2, 0.25) is 0 Å². The number of ketones is 1. The first kappa shape index (κ1) is 23.8. The Labute approximate surface area is 183 Å². The van der Waals surface area contributed by atoms with E-state index in [4.69, 9.17) is 10.00 Å². The smallest absolute Gasteiger partial charge is 0.306 e. The monoisotopic (exact) mass is 420 g/mol. The van der Waals surface area contributed by atoms with Crippen LogP contribution in [0.5, 0.6) is 0 Å². The number of unbranched alkanes of at least 4 members (excludes halogenated alkanes) is 2. The molecule has 0 aliphatic heterocycles. The molecule has 6 heteroatoms. The minimum Gasteiger partial charge on any atom is -0.456 e. The van der Waals surface area contributed by atoms with Crippen molar-refractivity contribution in [2.24, 2.45) is 0 Å². The lowest BCUT2D eigenvalue weighted by Gasteiger charge is -2.07. The summed E-state index contributed by atoms with van der Waals surface area (Å²) in [4.78, 5) is 36.0. The van der Waals surface area contributed by atoms with E-state index in [2.05, 4.69) is 12.2 Å². The van der Waals surface area contributed by atoms with Gasteiger partial charge in [0.25, 0.3) is 5.91 Å². The number of amides is 1. The van der Waals surface area contributed by atoms with Crippen molar-refractivity contribution < 1.29 is 19.1 Å². The Morgan fingerprint density at radius 1 is 0.935 bits per heavy atom. The standard InChI is InChI=1S/C25H28N2O4/c1-2-3-4-5-19-6-10-21(11-7-19)23(28)14-15-25(30)31-18-24(29)27-22-12-8-20(9-13-22)16-17-26/h6-13H,2-5,14-16,18H2,1H3,(H,27,29). The highest BCUT2D eigenvalue weighted by Gasteiger charge is 2.12. The molecule has 0 saturated heterocycles. The summed E-state index contributed by atoms with van der Waals surface area (Å²) < 4.78 is 4.95. The lowest BCUT2D eigenvalue weighted by atomic mass is 10.0. The molecule has 0 heterocycles. The van der Waals surface area contributed by atoms with Crippen LogP contribution in [0.25, 0.3) is 0 Å². The maximum absolute atomic E-state index is 12.3. The molecule has 0 aliphatic rings. The van der Waals surface area contributed by atoms with E-state index in [1.54, 1.807) is 36.4 Å². The zero-order valence-corrected chi connectivity index (χ0v) is 17.9. The largest absolute Gasteiger partial charge is 0.456 e. The molecule has 2 aromatic rings. The van der Waals surface area contributed by atoms with Crippen LogP contribution in [-0.4, -0.2) is 24.3 Å². The molecule has 2 aromatic carbocycles. The van der Waals surface area contributed by atoms with Gasteiger partial charge in [-0.15, -0.1) is 0 Å². The number of benzene rings is 2. The predicted molar refractivity (Wildman–Crippen MR) is 119 cm³/mol. The molecule has 0 unspecified atom stereocenters. The number of hydrogen-bond donors (Lipinski definition) is 1. The number of anilines is 1. The van der Waals surface area contributed by atoms with E-state index in [1.807, 2.05) is 18.2 Å². The minimum absolute atomic E-state index is 0.0377. The Morgan fingerprint density at radius 3 is 2.26 bits per heavy atom. The average molecular weight is 421 g/mol. The van der Waals surface area contributed by atoms with E-state index in [-0.39, 0.29) is 18.6 Å². The van der Waals surface area contributed by atoms with E-state index < -0.39 is 18.5 Å². The number of aryl methyl sites for hydroxylation is 1. The number of carbonyl (C=O) groups is 3. The fourth-order valence-corrected chi connectivity index (χ4v) is 3.01. The summed E-state index contributed by atoms with van der Waals surface area (Å²) in [6, 6.07) is 16.4. The van der Waals surface area contributed by atoms with Gasteiger partial charge < -0.3 is 10.1 Å². The number of esters is 1. The Hall–Kier alpha value is -3.46. The molecule has 0 aromatic heterocycles. The van der Waals surface area contributed by atoms with Gasteiger partial charge in [0, 0.05) is 17.7 Å². The normalized spacial score (nSPS) is 10.2. The van der Waals surface area contributed by atoms with Gasteiger partial charge in [0.15, 0.2) is 12.4 Å². The van der Waals surface area contributed by atoms with E-state index in [0.717, 1.165) is 18.4 Å². The van der Waals surface area contributed by atoms with Crippen molar-refractivity contribution in [3.05, 3.63) is 65.2 Å². The first-order valence-corrected chi connectivity index (χ1v) is 10.5. The number of Topliss-reactive ketones (excluding diaryl/α,β-unsaturated/α-hetero) is 1. The highest BCUT2D eigenvalue weighted by Crippen LogP contribution is 2.12. The molecule has 31 heavy (non-hydrogen) atoms. The van der Waals surface area contributed by atoms with Crippen molar-refractivity contribution in [1.82, 2.24) is 0 Å². The van der Waals surface area contributed by atoms with Gasteiger partial charge in [0.2, 0.25) is 0 Å². The molecular formula is C25H28N2O4. The molecule has 162 valence electrons. The fraction of sp³-hybridized carbons (Fsp3) is 0.360.